The zero-order chi connectivity index (χ0) is 29.7. The third kappa shape index (κ3) is 9.21. The molecule has 1 saturated carbocycles. The first-order valence-corrected chi connectivity index (χ1v) is 16.9. The van der Waals surface area contributed by atoms with Crippen molar-refractivity contribution in [1.82, 2.24) is 15.4 Å². The maximum atomic E-state index is 13.1. The Bertz CT molecular complexity index is 1430. The van der Waals surface area contributed by atoms with Gasteiger partial charge in [0.2, 0.25) is 15.9 Å². The quantitative estimate of drug-likeness (QED) is 0.347. The highest BCUT2D eigenvalue weighted by Crippen LogP contribution is 2.30. The Morgan fingerprint density at radius 3 is 2.30 bits per heavy atom. The minimum absolute atomic E-state index is 0.117. The molecule has 15 heteroatoms. The second-order valence-corrected chi connectivity index (χ2v) is 14.2. The Kier molecular flexibility index (Phi) is 10.3. The van der Waals surface area contributed by atoms with Crippen LogP contribution in [0.2, 0.25) is 0 Å². The number of rotatable bonds is 10. The van der Waals surface area contributed by atoms with Crippen LogP contribution in [-0.2, 0) is 30.8 Å². The van der Waals surface area contributed by atoms with E-state index in [1.165, 1.54) is 30.0 Å². The number of hydrogen-bond donors (Lipinski definition) is 3. The molecule has 0 bridgehead atoms. The molecule has 3 rings (SSSR count). The molecule has 1 fully saturated rings. The van der Waals surface area contributed by atoms with Gasteiger partial charge in [0.1, 0.15) is 0 Å². The van der Waals surface area contributed by atoms with Crippen LogP contribution < -0.4 is 15.4 Å². The van der Waals surface area contributed by atoms with Gasteiger partial charge in [0.15, 0.2) is 9.84 Å². The predicted octanol–water partition coefficient (Wildman–Crippen LogP) is 2.83. The molecule has 2 amide bonds. The molecule has 40 heavy (non-hydrogen) atoms. The van der Waals surface area contributed by atoms with Gasteiger partial charge >= 0.3 is 6.18 Å². The Balaban J connectivity index is 1.70. The van der Waals surface area contributed by atoms with E-state index in [2.05, 4.69) is 15.4 Å². The summed E-state index contributed by atoms with van der Waals surface area (Å²) in [5.74, 6) is -2.43. The van der Waals surface area contributed by atoms with Crippen LogP contribution in [0.4, 0.5) is 13.2 Å². The third-order valence-corrected chi connectivity index (χ3v) is 9.80. The van der Waals surface area contributed by atoms with Crippen LogP contribution in [0, 0.1) is 5.92 Å². The highest BCUT2D eigenvalue weighted by molar-refractivity contribution is 7.98. The molecule has 0 aromatic heterocycles. The molecule has 1 aliphatic rings. The van der Waals surface area contributed by atoms with Crippen molar-refractivity contribution in [1.29, 1.82) is 0 Å². The van der Waals surface area contributed by atoms with Crippen molar-refractivity contribution in [3.8, 4) is 0 Å². The SMILES string of the molecule is CSc1ccc(S(=O)(=O)C[C@H]2CC[C@H](NS(C)(=O)=O)C[C@@H]2NC(=O)CNC(=O)c2cccc(C(F)(F)F)c2)cc1. The second kappa shape index (κ2) is 12.9. The van der Waals surface area contributed by atoms with Gasteiger partial charge in [-0.25, -0.2) is 21.6 Å². The number of sulfone groups is 1. The van der Waals surface area contributed by atoms with Gasteiger partial charge in [0, 0.05) is 22.5 Å². The number of benzene rings is 2. The molecule has 9 nitrogen and oxygen atoms in total. The van der Waals surface area contributed by atoms with Crippen LogP contribution in [-0.4, -0.2) is 65.5 Å². The van der Waals surface area contributed by atoms with Gasteiger partial charge in [-0.15, -0.1) is 11.8 Å². The van der Waals surface area contributed by atoms with E-state index in [0.29, 0.717) is 18.9 Å². The van der Waals surface area contributed by atoms with Gasteiger partial charge in [-0.2, -0.15) is 13.2 Å². The minimum Gasteiger partial charge on any atom is -0.351 e. The van der Waals surface area contributed by atoms with Crippen molar-refractivity contribution in [2.24, 2.45) is 5.92 Å². The number of carbonyl (C=O) groups is 2. The van der Waals surface area contributed by atoms with Crippen LogP contribution in [0.15, 0.2) is 58.3 Å². The fourth-order valence-corrected chi connectivity index (χ4v) is 7.47. The second-order valence-electron chi connectivity index (χ2n) is 9.55. The lowest BCUT2D eigenvalue weighted by atomic mass is 9.83. The highest BCUT2D eigenvalue weighted by atomic mass is 32.2. The van der Waals surface area contributed by atoms with Gasteiger partial charge in [-0.3, -0.25) is 9.59 Å². The predicted molar refractivity (Wildman–Crippen MR) is 145 cm³/mol. The fraction of sp³-hybridized carbons (Fsp3) is 0.440. The van der Waals surface area contributed by atoms with Crippen molar-refractivity contribution >= 4 is 43.4 Å². The van der Waals surface area contributed by atoms with E-state index in [4.69, 9.17) is 0 Å². The van der Waals surface area contributed by atoms with Gasteiger partial charge in [0.25, 0.3) is 5.91 Å². The average molecular weight is 622 g/mol. The number of nitrogens with one attached hydrogen (secondary N) is 3. The standard InChI is InChI=1S/C25H30F3N3O6S3/c1-38-20-8-10-21(11-9-20)40(36,37)15-17-6-7-19(31-39(2,34)35)13-22(17)30-23(32)14-29-24(33)16-4-3-5-18(12-16)25(26,27)28/h3-5,8-12,17,19,22,31H,6-7,13-15H2,1-2H3,(H,29,33)(H,30,32)/t17-,19+,22+/m1/s1. The molecule has 0 spiro atoms. The average Bonchev–Trinajstić information content (AvgIpc) is 2.87. The molecule has 0 unspecified atom stereocenters. The number of carbonyl (C=O) groups excluding carboxylic acids is 2. The van der Waals surface area contributed by atoms with Crippen LogP contribution in [0.25, 0.3) is 0 Å². The molecule has 0 heterocycles. The largest absolute Gasteiger partial charge is 0.416 e. The van der Waals surface area contributed by atoms with Crippen LogP contribution in [0.5, 0.6) is 0 Å². The topological polar surface area (TPSA) is 139 Å². The van der Waals surface area contributed by atoms with E-state index < -0.39 is 68.0 Å². The summed E-state index contributed by atoms with van der Waals surface area (Å²) in [6.07, 6.45) is -1.00. The van der Waals surface area contributed by atoms with Crippen molar-refractivity contribution in [3.05, 3.63) is 59.7 Å². The number of sulfonamides is 1. The highest BCUT2D eigenvalue weighted by Gasteiger charge is 2.36. The fourth-order valence-electron chi connectivity index (χ4n) is 4.54. The molecule has 1 aliphatic carbocycles. The summed E-state index contributed by atoms with van der Waals surface area (Å²) < 4.78 is 91.2. The Morgan fingerprint density at radius 1 is 1.02 bits per heavy atom. The number of amides is 2. The van der Waals surface area contributed by atoms with Gasteiger partial charge < -0.3 is 10.6 Å². The molecule has 3 N–H and O–H groups in total. The molecular weight excluding hydrogens is 591 g/mol. The first kappa shape index (κ1) is 31.9. The third-order valence-electron chi connectivity index (χ3n) is 6.43. The first-order chi connectivity index (χ1) is 18.6. The Labute approximate surface area is 235 Å². The van der Waals surface area contributed by atoms with E-state index in [1.807, 2.05) is 6.26 Å². The van der Waals surface area contributed by atoms with Crippen LogP contribution in [0.1, 0.15) is 35.2 Å². The molecule has 2 aromatic carbocycles. The van der Waals surface area contributed by atoms with E-state index in [1.54, 1.807) is 12.1 Å². The van der Waals surface area contributed by atoms with E-state index in [0.717, 1.165) is 23.3 Å². The summed E-state index contributed by atoms with van der Waals surface area (Å²) in [7, 11) is -7.31. The minimum atomic E-state index is -4.64. The Morgan fingerprint density at radius 2 is 1.70 bits per heavy atom. The summed E-state index contributed by atoms with van der Waals surface area (Å²) in [6.45, 7) is -0.578. The normalized spacial score (nSPS) is 20.1. The smallest absolute Gasteiger partial charge is 0.351 e. The van der Waals surface area contributed by atoms with E-state index >= 15 is 0 Å². The molecule has 0 aliphatic heterocycles. The summed E-state index contributed by atoms with van der Waals surface area (Å²) in [4.78, 5) is 26.1. The molecular formula is C25H30F3N3O6S3. The number of halogens is 3. The maximum absolute atomic E-state index is 13.1. The zero-order valence-electron chi connectivity index (χ0n) is 21.7. The number of thioether (sulfide) groups is 1. The number of alkyl halides is 3. The lowest BCUT2D eigenvalue weighted by Crippen LogP contribution is -2.52. The molecule has 0 radical (unpaired) electrons. The van der Waals surface area contributed by atoms with Crippen molar-refractivity contribution in [2.75, 3.05) is 24.8 Å². The van der Waals surface area contributed by atoms with Crippen LogP contribution >= 0.6 is 11.8 Å². The molecule has 3 atom stereocenters. The van der Waals surface area contributed by atoms with Gasteiger partial charge in [-0.1, -0.05) is 6.07 Å². The molecule has 2 aromatic rings. The van der Waals surface area contributed by atoms with Crippen molar-refractivity contribution in [3.63, 3.8) is 0 Å². The maximum Gasteiger partial charge on any atom is 0.416 e. The summed E-state index contributed by atoms with van der Waals surface area (Å²) in [5, 5.41) is 4.95. The van der Waals surface area contributed by atoms with Crippen molar-refractivity contribution in [2.45, 2.75) is 47.3 Å². The Hall–Kier alpha value is -2.62. The van der Waals surface area contributed by atoms with Crippen molar-refractivity contribution < 1.29 is 39.6 Å². The van der Waals surface area contributed by atoms with Gasteiger partial charge in [0.05, 0.1) is 29.0 Å². The van der Waals surface area contributed by atoms with Crippen LogP contribution in [0.3, 0.4) is 0 Å². The summed E-state index contributed by atoms with van der Waals surface area (Å²) in [6, 6.07) is 8.86. The number of hydrogen-bond acceptors (Lipinski definition) is 7. The van der Waals surface area contributed by atoms with Gasteiger partial charge in [-0.05, 0) is 73.9 Å². The zero-order valence-corrected chi connectivity index (χ0v) is 24.1. The summed E-state index contributed by atoms with van der Waals surface area (Å²) >= 11 is 1.46. The van der Waals surface area contributed by atoms with E-state index in [-0.39, 0.29) is 22.6 Å². The molecule has 220 valence electrons. The van der Waals surface area contributed by atoms with E-state index in [9.17, 15) is 39.6 Å². The first-order valence-electron chi connectivity index (χ1n) is 12.2. The lowest BCUT2D eigenvalue weighted by Gasteiger charge is -2.36. The monoisotopic (exact) mass is 621 g/mol. The summed E-state index contributed by atoms with van der Waals surface area (Å²) in [5.41, 5.74) is -1.29. The molecule has 0 saturated heterocycles. The lowest BCUT2D eigenvalue weighted by molar-refractivity contribution is -0.137.